The van der Waals surface area contributed by atoms with Gasteiger partial charge in [-0.3, -0.25) is 14.2 Å². The lowest BCUT2D eigenvalue weighted by Gasteiger charge is -2.23. The van der Waals surface area contributed by atoms with Crippen molar-refractivity contribution < 1.29 is 42.9 Å². The topological polar surface area (TPSA) is 206 Å². The molecule has 1 fully saturated rings. The molecule has 3 atom stereocenters. The van der Waals surface area contributed by atoms with E-state index < -0.39 is 49.9 Å². The second-order valence-corrected chi connectivity index (χ2v) is 9.49. The molecule has 0 aromatic carbocycles. The van der Waals surface area contributed by atoms with Crippen molar-refractivity contribution in [2.75, 3.05) is 25.1 Å². The molecule has 0 amide bonds. The van der Waals surface area contributed by atoms with Gasteiger partial charge in [-0.15, -0.1) is 10.2 Å². The fourth-order valence-electron chi connectivity index (χ4n) is 3.54. The Kier molecular flexibility index (Phi) is 8.56. The van der Waals surface area contributed by atoms with E-state index >= 15 is 0 Å². The molecule has 3 rings (SSSR count). The molecule has 0 saturated carbocycles. The molecule has 1 aliphatic rings. The summed E-state index contributed by atoms with van der Waals surface area (Å²) in [4.78, 5) is 36.1. The molecule has 0 radical (unpaired) electrons. The minimum Gasteiger partial charge on any atom is -0.479 e. The summed E-state index contributed by atoms with van der Waals surface area (Å²) >= 11 is 0. The van der Waals surface area contributed by atoms with Crippen LogP contribution in [-0.2, 0) is 39.4 Å². The number of hydrogen-bond donors (Lipinski definition) is 3. The third kappa shape index (κ3) is 5.67. The van der Waals surface area contributed by atoms with Crippen LogP contribution in [0.2, 0.25) is 0 Å². The van der Waals surface area contributed by atoms with E-state index in [0.717, 1.165) is 9.36 Å². The van der Waals surface area contributed by atoms with Crippen molar-refractivity contribution in [3.05, 3.63) is 10.4 Å². The summed E-state index contributed by atoms with van der Waals surface area (Å²) < 4.78 is 35.8. The van der Waals surface area contributed by atoms with Gasteiger partial charge in [-0.1, -0.05) is 5.21 Å². The number of ether oxygens (including phenoxy) is 2. The van der Waals surface area contributed by atoms with Crippen LogP contribution in [0.25, 0.3) is 11.0 Å². The van der Waals surface area contributed by atoms with Crippen LogP contribution in [0.4, 0.5) is 5.82 Å². The average Bonchev–Trinajstić information content (AvgIpc) is 3.41. The van der Waals surface area contributed by atoms with E-state index in [4.69, 9.17) is 18.5 Å². The molecule has 1 aliphatic heterocycles. The summed E-state index contributed by atoms with van der Waals surface area (Å²) in [5.74, 6) is -4.16. The first-order chi connectivity index (χ1) is 16.6. The molecule has 3 heterocycles. The number of aliphatic hydroxyl groups is 1. The molecule has 0 bridgehead atoms. The zero-order valence-corrected chi connectivity index (χ0v) is 20.2. The number of rotatable bonds is 12. The van der Waals surface area contributed by atoms with Gasteiger partial charge < -0.3 is 34.1 Å². The number of fused-ring (bicyclic) bond motifs is 1. The van der Waals surface area contributed by atoms with Gasteiger partial charge in [0.15, 0.2) is 23.1 Å². The predicted molar refractivity (Wildman–Crippen MR) is 117 cm³/mol. The van der Waals surface area contributed by atoms with Gasteiger partial charge in [0.1, 0.15) is 13.3 Å². The summed E-state index contributed by atoms with van der Waals surface area (Å²) in [5, 5.41) is 33.7. The van der Waals surface area contributed by atoms with Crippen molar-refractivity contribution in [2.24, 2.45) is 0 Å². The SMILES string of the molecule is CCOP(=O)(OCC)C(Nc1nn(CO)c2c(=O)n(C3CCC(COC(C)=O)O3)nnc12)C(=O)O. The molecule has 3 N–H and O–H groups in total. The number of carbonyl (C=O) groups is 2. The van der Waals surface area contributed by atoms with Gasteiger partial charge in [-0.25, -0.2) is 9.48 Å². The summed E-state index contributed by atoms with van der Waals surface area (Å²) in [6, 6.07) is 0. The zero-order valence-electron chi connectivity index (χ0n) is 19.3. The second-order valence-electron chi connectivity index (χ2n) is 7.38. The summed E-state index contributed by atoms with van der Waals surface area (Å²) in [6.45, 7) is 3.43. The molecule has 0 spiro atoms. The Morgan fingerprint density at radius 1 is 1.29 bits per heavy atom. The molecule has 16 nitrogen and oxygen atoms in total. The van der Waals surface area contributed by atoms with Gasteiger partial charge in [0.2, 0.25) is 5.78 Å². The van der Waals surface area contributed by atoms with Crippen molar-refractivity contribution in [1.82, 2.24) is 24.8 Å². The van der Waals surface area contributed by atoms with Gasteiger partial charge in [0.25, 0.3) is 5.56 Å². The van der Waals surface area contributed by atoms with Gasteiger partial charge in [0.05, 0.1) is 19.3 Å². The molecular formula is C18H27N6O10P. The predicted octanol–water partition coefficient (Wildman–Crippen LogP) is 0.267. The number of hydrogen-bond acceptors (Lipinski definition) is 13. The van der Waals surface area contributed by atoms with Crippen LogP contribution in [0.15, 0.2) is 4.79 Å². The molecule has 1 saturated heterocycles. The van der Waals surface area contributed by atoms with E-state index in [-0.39, 0.29) is 36.7 Å². The van der Waals surface area contributed by atoms with E-state index in [9.17, 15) is 29.2 Å². The number of esters is 1. The Morgan fingerprint density at radius 3 is 2.54 bits per heavy atom. The van der Waals surface area contributed by atoms with Crippen molar-refractivity contribution in [2.45, 2.75) is 58.5 Å². The molecule has 35 heavy (non-hydrogen) atoms. The maximum atomic E-state index is 13.2. The first-order valence-corrected chi connectivity index (χ1v) is 12.4. The lowest BCUT2D eigenvalue weighted by molar-refractivity contribution is -0.146. The zero-order chi connectivity index (χ0) is 25.8. The average molecular weight is 518 g/mol. The van der Waals surface area contributed by atoms with Crippen LogP contribution in [0.5, 0.6) is 0 Å². The van der Waals surface area contributed by atoms with E-state index in [1.165, 1.54) is 20.8 Å². The van der Waals surface area contributed by atoms with Crippen molar-refractivity contribution in [3.8, 4) is 0 Å². The van der Waals surface area contributed by atoms with Crippen LogP contribution in [0, 0.1) is 0 Å². The molecular weight excluding hydrogens is 491 g/mol. The third-order valence-corrected chi connectivity index (χ3v) is 7.20. The molecule has 0 aliphatic carbocycles. The third-order valence-electron chi connectivity index (χ3n) is 4.99. The number of aliphatic hydroxyl groups excluding tert-OH is 1. The molecule has 17 heteroatoms. The summed E-state index contributed by atoms with van der Waals surface area (Å²) in [7, 11) is -4.20. The number of nitrogens with zero attached hydrogens (tertiary/aromatic N) is 5. The highest BCUT2D eigenvalue weighted by molar-refractivity contribution is 7.55. The largest absolute Gasteiger partial charge is 0.479 e. The van der Waals surface area contributed by atoms with E-state index in [1.807, 2.05) is 0 Å². The number of aliphatic carboxylic acids is 1. The van der Waals surface area contributed by atoms with E-state index in [2.05, 4.69) is 20.7 Å². The monoisotopic (exact) mass is 518 g/mol. The Morgan fingerprint density at radius 2 is 1.97 bits per heavy atom. The first-order valence-electron chi connectivity index (χ1n) is 10.8. The highest BCUT2D eigenvalue weighted by atomic mass is 31.2. The van der Waals surface area contributed by atoms with Crippen molar-refractivity contribution in [3.63, 3.8) is 0 Å². The maximum absolute atomic E-state index is 13.2. The number of anilines is 1. The summed E-state index contributed by atoms with van der Waals surface area (Å²) in [5.41, 5.74) is -1.07. The quantitative estimate of drug-likeness (QED) is 0.255. The lowest BCUT2D eigenvalue weighted by atomic mass is 10.2. The fraction of sp³-hybridized carbons (Fsp3) is 0.667. The standard InChI is InChI=1S/C18H27N6O10P/c1-4-32-35(30,33-5-2)16(18(28)29)19-15-13-14(23(9-25)21-15)17(27)24(22-20-13)12-7-6-11(34-12)8-31-10(3)26/h11-12,16,25H,4-9H2,1-3H3,(H,19,21)(H,28,29). The van der Waals surface area contributed by atoms with Crippen LogP contribution in [-0.4, -0.2) is 78.6 Å². The highest BCUT2D eigenvalue weighted by Gasteiger charge is 2.43. The van der Waals surface area contributed by atoms with E-state index in [1.54, 1.807) is 0 Å². The lowest BCUT2D eigenvalue weighted by Crippen LogP contribution is -2.32. The van der Waals surface area contributed by atoms with Crippen LogP contribution in [0.1, 0.15) is 39.8 Å². The molecule has 194 valence electrons. The van der Waals surface area contributed by atoms with Crippen molar-refractivity contribution in [1.29, 1.82) is 0 Å². The van der Waals surface area contributed by atoms with Gasteiger partial charge in [0, 0.05) is 6.92 Å². The normalized spacial score (nSPS) is 19.1. The minimum atomic E-state index is -4.20. The second kappa shape index (κ2) is 11.2. The first kappa shape index (κ1) is 26.7. The van der Waals surface area contributed by atoms with Crippen molar-refractivity contribution >= 4 is 36.4 Å². The number of nitrogens with one attached hydrogen (secondary N) is 1. The highest BCUT2D eigenvalue weighted by Crippen LogP contribution is 2.53. The van der Waals surface area contributed by atoms with Crippen LogP contribution < -0.4 is 10.9 Å². The summed E-state index contributed by atoms with van der Waals surface area (Å²) in [6.07, 6.45) is -0.352. The number of carboxylic acid groups (broad SMARTS) is 1. The van der Waals surface area contributed by atoms with Crippen LogP contribution >= 0.6 is 7.60 Å². The van der Waals surface area contributed by atoms with Gasteiger partial charge >= 0.3 is 19.5 Å². The molecule has 3 unspecified atom stereocenters. The molecule has 2 aromatic heterocycles. The number of carboxylic acids is 1. The van der Waals surface area contributed by atoms with E-state index in [0.29, 0.717) is 12.8 Å². The van der Waals surface area contributed by atoms with Gasteiger partial charge in [-0.05, 0) is 26.7 Å². The fourth-order valence-corrected chi connectivity index (χ4v) is 5.18. The smallest absolute Gasteiger partial charge is 0.364 e. The molecule has 2 aromatic rings. The minimum absolute atomic E-state index is 0.0230. The maximum Gasteiger partial charge on any atom is 0.364 e. The Labute approximate surface area is 198 Å². The van der Waals surface area contributed by atoms with Crippen LogP contribution in [0.3, 0.4) is 0 Å². The Balaban J connectivity index is 1.96. The Bertz CT molecular complexity index is 1170. The van der Waals surface area contributed by atoms with Gasteiger partial charge in [-0.2, -0.15) is 4.68 Å². The Hall–Kier alpha value is -2.91. The number of carbonyl (C=O) groups excluding carboxylic acids is 1. The number of aromatic nitrogens is 5.